The number of carboxylic acids is 1. The molecule has 1 heterocycles. The number of nitrogens with zero attached hydrogens (tertiary/aromatic N) is 1. The second-order valence-electron chi connectivity index (χ2n) is 4.55. The number of hydrogen-bond donors (Lipinski definition) is 1. The summed E-state index contributed by atoms with van der Waals surface area (Å²) in [6, 6.07) is 7.69. The van der Waals surface area contributed by atoms with Gasteiger partial charge in [-0.05, 0) is 24.7 Å². The van der Waals surface area contributed by atoms with Crippen LogP contribution in [-0.4, -0.2) is 43.2 Å². The third-order valence-corrected chi connectivity index (χ3v) is 3.34. The molecule has 1 aliphatic rings. The standard InChI is InChI=1S/C13H17NO3/c1-14-7-11(12(8-14)13(15)16)9-4-3-5-10(6-9)17-2/h3-6,11-12H,7-8H2,1-2H3,(H,15,16)/t11-,12+/m0/s1. The first kappa shape index (κ1) is 11.9. The van der Waals surface area contributed by atoms with Crippen LogP contribution in [0.4, 0.5) is 0 Å². The van der Waals surface area contributed by atoms with Gasteiger partial charge >= 0.3 is 5.97 Å². The van der Waals surface area contributed by atoms with E-state index in [1.165, 1.54) is 0 Å². The van der Waals surface area contributed by atoms with Crippen molar-refractivity contribution in [3.05, 3.63) is 29.8 Å². The molecule has 0 aromatic heterocycles. The maximum absolute atomic E-state index is 11.2. The third kappa shape index (κ3) is 2.42. The summed E-state index contributed by atoms with van der Waals surface area (Å²) in [5, 5.41) is 9.23. The highest BCUT2D eigenvalue weighted by Gasteiger charge is 2.36. The summed E-state index contributed by atoms with van der Waals surface area (Å²) in [6.45, 7) is 1.39. The van der Waals surface area contributed by atoms with Crippen molar-refractivity contribution >= 4 is 5.97 Å². The van der Waals surface area contributed by atoms with Crippen LogP contribution in [0.2, 0.25) is 0 Å². The van der Waals surface area contributed by atoms with E-state index >= 15 is 0 Å². The summed E-state index contributed by atoms with van der Waals surface area (Å²) in [6.07, 6.45) is 0. The molecule has 1 aromatic carbocycles. The fourth-order valence-corrected chi connectivity index (χ4v) is 2.46. The van der Waals surface area contributed by atoms with Gasteiger partial charge in [0.2, 0.25) is 0 Å². The number of likely N-dealkylation sites (N-methyl/N-ethyl adjacent to an activating group) is 1. The van der Waals surface area contributed by atoms with Gasteiger partial charge in [0, 0.05) is 19.0 Å². The van der Waals surface area contributed by atoms with E-state index in [0.29, 0.717) is 6.54 Å². The Labute approximate surface area is 101 Å². The van der Waals surface area contributed by atoms with Crippen molar-refractivity contribution < 1.29 is 14.6 Å². The van der Waals surface area contributed by atoms with E-state index < -0.39 is 5.97 Å². The van der Waals surface area contributed by atoms with Crippen molar-refractivity contribution in [1.29, 1.82) is 0 Å². The molecule has 17 heavy (non-hydrogen) atoms. The molecule has 0 saturated carbocycles. The predicted molar refractivity (Wildman–Crippen MR) is 64.4 cm³/mol. The van der Waals surface area contributed by atoms with Crippen LogP contribution in [-0.2, 0) is 4.79 Å². The van der Waals surface area contributed by atoms with Gasteiger partial charge in [0.1, 0.15) is 5.75 Å². The molecule has 4 heteroatoms. The fraction of sp³-hybridized carbons (Fsp3) is 0.462. The Kier molecular flexibility index (Phi) is 3.33. The van der Waals surface area contributed by atoms with Gasteiger partial charge in [-0.2, -0.15) is 0 Å². The highest BCUT2D eigenvalue weighted by Crippen LogP contribution is 2.33. The number of benzene rings is 1. The molecule has 1 aromatic rings. The lowest BCUT2D eigenvalue weighted by Crippen LogP contribution is -2.21. The maximum Gasteiger partial charge on any atom is 0.308 e. The van der Waals surface area contributed by atoms with E-state index in [1.807, 2.05) is 31.3 Å². The molecule has 1 N–H and O–H groups in total. The summed E-state index contributed by atoms with van der Waals surface area (Å²) in [7, 11) is 3.57. The number of rotatable bonds is 3. The topological polar surface area (TPSA) is 49.8 Å². The first-order chi connectivity index (χ1) is 8.11. The highest BCUT2D eigenvalue weighted by molar-refractivity contribution is 5.72. The normalized spacial score (nSPS) is 24.8. The average Bonchev–Trinajstić information content (AvgIpc) is 2.72. The Bertz CT molecular complexity index is 419. The number of aliphatic carboxylic acids is 1. The minimum absolute atomic E-state index is 0.0487. The quantitative estimate of drug-likeness (QED) is 0.861. The molecule has 1 fully saturated rings. The molecule has 0 spiro atoms. The van der Waals surface area contributed by atoms with Gasteiger partial charge < -0.3 is 14.7 Å². The number of hydrogen-bond acceptors (Lipinski definition) is 3. The fourth-order valence-electron chi connectivity index (χ4n) is 2.46. The van der Waals surface area contributed by atoms with Crippen molar-refractivity contribution in [1.82, 2.24) is 4.90 Å². The number of methoxy groups -OCH3 is 1. The summed E-state index contributed by atoms with van der Waals surface area (Å²) >= 11 is 0. The first-order valence-corrected chi connectivity index (χ1v) is 5.67. The van der Waals surface area contributed by atoms with Gasteiger partial charge in [-0.1, -0.05) is 12.1 Å². The van der Waals surface area contributed by atoms with Gasteiger partial charge in [0.25, 0.3) is 0 Å². The van der Waals surface area contributed by atoms with Crippen LogP contribution in [0.15, 0.2) is 24.3 Å². The molecule has 1 saturated heterocycles. The smallest absolute Gasteiger partial charge is 0.308 e. The lowest BCUT2D eigenvalue weighted by atomic mass is 9.89. The molecule has 0 unspecified atom stereocenters. The zero-order valence-electron chi connectivity index (χ0n) is 10.1. The van der Waals surface area contributed by atoms with Crippen molar-refractivity contribution in [3.63, 3.8) is 0 Å². The Morgan fingerprint density at radius 1 is 1.47 bits per heavy atom. The van der Waals surface area contributed by atoms with Crippen LogP contribution in [0.3, 0.4) is 0 Å². The molecule has 0 radical (unpaired) electrons. The van der Waals surface area contributed by atoms with Gasteiger partial charge in [0.05, 0.1) is 13.0 Å². The molecular formula is C13H17NO3. The Hall–Kier alpha value is -1.55. The molecule has 4 nitrogen and oxygen atoms in total. The second-order valence-corrected chi connectivity index (χ2v) is 4.55. The van der Waals surface area contributed by atoms with Crippen LogP contribution >= 0.6 is 0 Å². The summed E-state index contributed by atoms with van der Waals surface area (Å²) in [5.74, 6) is -0.219. The Morgan fingerprint density at radius 2 is 2.24 bits per heavy atom. The van der Waals surface area contributed by atoms with E-state index in [1.54, 1.807) is 7.11 Å². The molecule has 0 amide bonds. The first-order valence-electron chi connectivity index (χ1n) is 5.67. The zero-order chi connectivity index (χ0) is 12.4. The van der Waals surface area contributed by atoms with Gasteiger partial charge in [0.15, 0.2) is 0 Å². The van der Waals surface area contributed by atoms with Crippen LogP contribution in [0.25, 0.3) is 0 Å². The molecule has 2 rings (SSSR count). The van der Waals surface area contributed by atoms with E-state index in [2.05, 4.69) is 4.90 Å². The van der Waals surface area contributed by atoms with Crippen LogP contribution in [0.1, 0.15) is 11.5 Å². The number of carbonyl (C=O) groups is 1. The van der Waals surface area contributed by atoms with E-state index in [0.717, 1.165) is 17.9 Å². The van der Waals surface area contributed by atoms with E-state index in [9.17, 15) is 9.90 Å². The highest BCUT2D eigenvalue weighted by atomic mass is 16.5. The average molecular weight is 235 g/mol. The second kappa shape index (κ2) is 4.75. The molecule has 2 atom stereocenters. The van der Waals surface area contributed by atoms with E-state index in [4.69, 9.17) is 4.74 Å². The van der Waals surface area contributed by atoms with Crippen molar-refractivity contribution in [3.8, 4) is 5.75 Å². The maximum atomic E-state index is 11.2. The molecule has 0 bridgehead atoms. The van der Waals surface area contributed by atoms with Crippen molar-refractivity contribution in [2.24, 2.45) is 5.92 Å². The lowest BCUT2D eigenvalue weighted by molar-refractivity contribution is -0.141. The zero-order valence-corrected chi connectivity index (χ0v) is 10.1. The predicted octanol–water partition coefficient (Wildman–Crippen LogP) is 1.42. The number of carboxylic acid groups (broad SMARTS) is 1. The van der Waals surface area contributed by atoms with Gasteiger partial charge in [-0.3, -0.25) is 4.79 Å². The van der Waals surface area contributed by atoms with Crippen LogP contribution in [0.5, 0.6) is 5.75 Å². The molecule has 0 aliphatic carbocycles. The number of ether oxygens (including phenoxy) is 1. The molecule has 1 aliphatic heterocycles. The Balaban J connectivity index is 2.28. The SMILES string of the molecule is COc1cccc([C@@H]2CN(C)C[C@H]2C(=O)O)c1. The summed E-state index contributed by atoms with van der Waals surface area (Å²) in [4.78, 5) is 13.3. The summed E-state index contributed by atoms with van der Waals surface area (Å²) < 4.78 is 5.18. The Morgan fingerprint density at radius 3 is 2.88 bits per heavy atom. The van der Waals surface area contributed by atoms with Crippen LogP contribution < -0.4 is 4.74 Å². The minimum atomic E-state index is -0.720. The number of likely N-dealkylation sites (tertiary alicyclic amines) is 1. The van der Waals surface area contributed by atoms with E-state index in [-0.39, 0.29) is 11.8 Å². The lowest BCUT2D eigenvalue weighted by Gasteiger charge is -2.15. The summed E-state index contributed by atoms with van der Waals surface area (Å²) in [5.41, 5.74) is 1.04. The van der Waals surface area contributed by atoms with Crippen LogP contribution in [0, 0.1) is 5.92 Å². The van der Waals surface area contributed by atoms with Gasteiger partial charge in [-0.15, -0.1) is 0 Å². The largest absolute Gasteiger partial charge is 0.497 e. The van der Waals surface area contributed by atoms with Crippen molar-refractivity contribution in [2.45, 2.75) is 5.92 Å². The van der Waals surface area contributed by atoms with Crippen molar-refractivity contribution in [2.75, 3.05) is 27.2 Å². The third-order valence-electron chi connectivity index (χ3n) is 3.34. The molecular weight excluding hydrogens is 218 g/mol. The minimum Gasteiger partial charge on any atom is -0.497 e. The van der Waals surface area contributed by atoms with Gasteiger partial charge in [-0.25, -0.2) is 0 Å². The molecule has 92 valence electrons. The monoisotopic (exact) mass is 235 g/mol.